The predicted molar refractivity (Wildman–Crippen MR) is 56.5 cm³/mol. The van der Waals surface area contributed by atoms with Crippen LogP contribution in [0.3, 0.4) is 0 Å². The molecule has 1 aliphatic carbocycles. The smallest absolute Gasteiger partial charge is 0.303 e. The van der Waals surface area contributed by atoms with Crippen LogP contribution in [-0.2, 0) is 9.59 Å². The number of nitrogens with one attached hydrogen (secondary N) is 1. The molecule has 0 radical (unpaired) electrons. The normalized spacial score (nSPS) is 26.9. The van der Waals surface area contributed by atoms with Crippen molar-refractivity contribution in [3.05, 3.63) is 0 Å². The van der Waals surface area contributed by atoms with Gasteiger partial charge in [0.1, 0.15) is 0 Å². The molecule has 2 atom stereocenters. The zero-order chi connectivity index (χ0) is 13.5. The molecule has 1 saturated heterocycles. The van der Waals surface area contributed by atoms with Crippen LogP contribution in [0.1, 0.15) is 32.6 Å². The van der Waals surface area contributed by atoms with Crippen molar-refractivity contribution in [3.8, 4) is 0 Å². The number of carbonyl (C=O) groups is 2. The third-order valence-electron chi connectivity index (χ3n) is 3.12. The highest BCUT2D eigenvalue weighted by Crippen LogP contribution is 2.31. The Hall–Kier alpha value is -1.11. The van der Waals surface area contributed by atoms with Gasteiger partial charge in [0.25, 0.3) is 0 Å². The molecule has 0 bridgehead atoms. The molecule has 1 aliphatic heterocycles. The van der Waals surface area contributed by atoms with E-state index in [0.717, 1.165) is 12.8 Å². The van der Waals surface area contributed by atoms with Gasteiger partial charge >= 0.3 is 6.18 Å². The highest BCUT2D eigenvalue weighted by atomic mass is 19.4. The minimum atomic E-state index is -4.27. The highest BCUT2D eigenvalue weighted by molar-refractivity contribution is 6.06. The summed E-state index contributed by atoms with van der Waals surface area (Å²) in [5.74, 6) is -0.657. The Morgan fingerprint density at radius 3 is 2.50 bits per heavy atom. The van der Waals surface area contributed by atoms with Crippen molar-refractivity contribution in [2.24, 2.45) is 0 Å². The summed E-state index contributed by atoms with van der Waals surface area (Å²) in [7, 11) is 0. The van der Waals surface area contributed by atoms with E-state index >= 15 is 0 Å². The van der Waals surface area contributed by atoms with Gasteiger partial charge in [-0.05, 0) is 19.8 Å². The number of carbonyl (C=O) groups excluding carboxylic acids is 2. The average Bonchev–Trinajstić information content (AvgIpc) is 2.94. The SMILES string of the molecule is CC(CC(F)(F)F)NC1CC(=O)N(C2CC2)C1=O. The molecule has 2 amide bonds. The van der Waals surface area contributed by atoms with Crippen LogP contribution in [0, 0.1) is 0 Å². The molecule has 2 unspecified atom stereocenters. The first-order valence-corrected chi connectivity index (χ1v) is 5.96. The molecule has 0 aromatic heterocycles. The van der Waals surface area contributed by atoms with Gasteiger partial charge in [-0.2, -0.15) is 13.2 Å². The van der Waals surface area contributed by atoms with E-state index in [1.54, 1.807) is 0 Å². The summed E-state index contributed by atoms with van der Waals surface area (Å²) in [6.07, 6.45) is -3.69. The second-order valence-corrected chi connectivity index (χ2v) is 4.98. The van der Waals surface area contributed by atoms with Crippen LogP contribution in [-0.4, -0.2) is 41.0 Å². The van der Waals surface area contributed by atoms with Crippen LogP contribution in [0.4, 0.5) is 13.2 Å². The molecule has 2 rings (SSSR count). The molecule has 0 aromatic rings. The van der Waals surface area contributed by atoms with Gasteiger partial charge in [-0.25, -0.2) is 0 Å². The third kappa shape index (κ3) is 3.01. The molecular formula is C11H15F3N2O2. The molecular weight excluding hydrogens is 249 g/mol. The number of likely N-dealkylation sites (tertiary alicyclic amines) is 1. The largest absolute Gasteiger partial charge is 0.390 e. The number of rotatable bonds is 4. The molecule has 18 heavy (non-hydrogen) atoms. The lowest BCUT2D eigenvalue weighted by Crippen LogP contribution is -2.44. The summed E-state index contributed by atoms with van der Waals surface area (Å²) in [6, 6.07) is -1.68. The number of halogens is 3. The van der Waals surface area contributed by atoms with Gasteiger partial charge in [0.2, 0.25) is 11.8 Å². The number of imide groups is 1. The van der Waals surface area contributed by atoms with Crippen molar-refractivity contribution in [2.45, 2.75) is 56.9 Å². The van der Waals surface area contributed by atoms with Crippen LogP contribution in [0.25, 0.3) is 0 Å². The molecule has 4 nitrogen and oxygen atoms in total. The quantitative estimate of drug-likeness (QED) is 0.776. The topological polar surface area (TPSA) is 49.4 Å². The predicted octanol–water partition coefficient (Wildman–Crippen LogP) is 1.21. The van der Waals surface area contributed by atoms with Crippen LogP contribution >= 0.6 is 0 Å². The maximum absolute atomic E-state index is 12.2. The molecule has 1 N–H and O–H groups in total. The summed E-state index contributed by atoms with van der Waals surface area (Å²) in [4.78, 5) is 24.7. The van der Waals surface area contributed by atoms with Gasteiger partial charge in [-0.15, -0.1) is 0 Å². The zero-order valence-electron chi connectivity index (χ0n) is 9.96. The van der Waals surface area contributed by atoms with Crippen LogP contribution < -0.4 is 5.32 Å². The fourth-order valence-electron chi connectivity index (χ4n) is 2.25. The molecule has 1 saturated carbocycles. The highest BCUT2D eigenvalue weighted by Gasteiger charge is 2.46. The van der Waals surface area contributed by atoms with Crippen molar-refractivity contribution >= 4 is 11.8 Å². The van der Waals surface area contributed by atoms with Gasteiger partial charge < -0.3 is 5.32 Å². The molecule has 0 aromatic carbocycles. The van der Waals surface area contributed by atoms with Gasteiger partial charge in [0, 0.05) is 12.1 Å². The third-order valence-corrected chi connectivity index (χ3v) is 3.12. The molecule has 2 fully saturated rings. The van der Waals surface area contributed by atoms with E-state index < -0.39 is 24.7 Å². The maximum atomic E-state index is 12.2. The van der Waals surface area contributed by atoms with Gasteiger partial charge in [-0.3, -0.25) is 14.5 Å². The zero-order valence-corrected chi connectivity index (χ0v) is 9.96. The lowest BCUT2D eigenvalue weighted by molar-refractivity contribution is -0.143. The minimum absolute atomic E-state index is 0.0188. The van der Waals surface area contributed by atoms with Gasteiger partial charge in [0.15, 0.2) is 0 Å². The van der Waals surface area contributed by atoms with Crippen molar-refractivity contribution in [1.29, 1.82) is 0 Å². The summed E-state index contributed by atoms with van der Waals surface area (Å²) in [5.41, 5.74) is 0. The van der Waals surface area contributed by atoms with E-state index in [4.69, 9.17) is 0 Å². The monoisotopic (exact) mass is 264 g/mol. The Balaban J connectivity index is 1.90. The fourth-order valence-corrected chi connectivity index (χ4v) is 2.25. The second-order valence-electron chi connectivity index (χ2n) is 4.98. The Bertz CT molecular complexity index is 366. The Morgan fingerprint density at radius 1 is 1.39 bits per heavy atom. The number of nitrogens with zero attached hydrogens (tertiary/aromatic N) is 1. The minimum Gasteiger partial charge on any atom is -0.303 e. The van der Waals surface area contributed by atoms with Gasteiger partial charge in [-0.1, -0.05) is 0 Å². The molecule has 1 heterocycles. The Labute approximate surface area is 103 Å². The first-order valence-electron chi connectivity index (χ1n) is 5.96. The number of amides is 2. The average molecular weight is 264 g/mol. The maximum Gasteiger partial charge on any atom is 0.390 e. The summed E-state index contributed by atoms with van der Waals surface area (Å²) >= 11 is 0. The van der Waals surface area contributed by atoms with E-state index in [0.29, 0.717) is 0 Å². The summed E-state index contributed by atoms with van der Waals surface area (Å²) in [5, 5.41) is 2.60. The molecule has 102 valence electrons. The molecule has 7 heteroatoms. The van der Waals surface area contributed by atoms with Crippen molar-refractivity contribution < 1.29 is 22.8 Å². The summed E-state index contributed by atoms with van der Waals surface area (Å²) in [6.45, 7) is 1.37. The van der Waals surface area contributed by atoms with Crippen LogP contribution in [0.15, 0.2) is 0 Å². The fraction of sp³-hybridized carbons (Fsp3) is 0.818. The van der Waals surface area contributed by atoms with Crippen LogP contribution in [0.5, 0.6) is 0 Å². The van der Waals surface area contributed by atoms with Crippen molar-refractivity contribution in [2.75, 3.05) is 0 Å². The molecule has 0 spiro atoms. The first-order chi connectivity index (χ1) is 8.28. The van der Waals surface area contributed by atoms with E-state index in [1.807, 2.05) is 0 Å². The van der Waals surface area contributed by atoms with Crippen molar-refractivity contribution in [3.63, 3.8) is 0 Å². The van der Waals surface area contributed by atoms with Gasteiger partial charge in [0.05, 0.1) is 18.9 Å². The van der Waals surface area contributed by atoms with Crippen molar-refractivity contribution in [1.82, 2.24) is 10.2 Å². The number of hydrogen-bond donors (Lipinski definition) is 1. The van der Waals surface area contributed by atoms with Crippen LogP contribution in [0.2, 0.25) is 0 Å². The Morgan fingerprint density at radius 2 is 2.00 bits per heavy atom. The van der Waals surface area contributed by atoms with E-state index in [-0.39, 0.29) is 24.3 Å². The lowest BCUT2D eigenvalue weighted by atomic mass is 10.1. The number of hydrogen-bond acceptors (Lipinski definition) is 3. The van der Waals surface area contributed by atoms with E-state index in [2.05, 4.69) is 5.32 Å². The Kier molecular flexibility index (Phi) is 3.35. The van der Waals surface area contributed by atoms with E-state index in [9.17, 15) is 22.8 Å². The van der Waals surface area contributed by atoms with E-state index in [1.165, 1.54) is 11.8 Å². The number of alkyl halides is 3. The first kappa shape index (κ1) is 13.3. The summed E-state index contributed by atoms with van der Waals surface area (Å²) < 4.78 is 36.5. The standard InChI is InChI=1S/C11H15F3N2O2/c1-6(5-11(12,13)14)15-8-4-9(17)16(10(8)18)7-2-3-7/h6-8,15H,2-5H2,1H3. The lowest BCUT2D eigenvalue weighted by Gasteiger charge is -2.19. The molecule has 2 aliphatic rings. The second kappa shape index (κ2) is 4.53.